The van der Waals surface area contributed by atoms with E-state index in [9.17, 15) is 9.90 Å². The van der Waals surface area contributed by atoms with E-state index in [2.05, 4.69) is 4.98 Å². The van der Waals surface area contributed by atoms with E-state index in [0.717, 1.165) is 0 Å². The van der Waals surface area contributed by atoms with Gasteiger partial charge in [-0.15, -0.1) is 0 Å². The Labute approximate surface area is 115 Å². The lowest BCUT2D eigenvalue weighted by molar-refractivity contribution is -0.142. The van der Waals surface area contributed by atoms with Crippen LogP contribution in [0.5, 0.6) is 5.75 Å². The van der Waals surface area contributed by atoms with Crippen molar-refractivity contribution in [3.05, 3.63) is 36.2 Å². The smallest absolute Gasteiger partial charge is 0.307 e. The Kier molecular flexibility index (Phi) is 3.18. The molecule has 2 aromatic rings. The van der Waals surface area contributed by atoms with Crippen LogP contribution in [0, 0.1) is 5.92 Å². The number of oxazole rings is 1. The second-order valence-electron chi connectivity index (χ2n) is 4.85. The molecule has 1 N–H and O–H groups in total. The number of hydrogen-bond donors (Lipinski definition) is 1. The van der Waals surface area contributed by atoms with Crippen molar-refractivity contribution in [2.75, 3.05) is 7.11 Å². The van der Waals surface area contributed by atoms with E-state index in [1.54, 1.807) is 7.11 Å². The molecule has 1 heterocycles. The van der Waals surface area contributed by atoms with Crippen molar-refractivity contribution in [1.29, 1.82) is 0 Å². The quantitative estimate of drug-likeness (QED) is 0.870. The molecule has 0 fully saturated rings. The number of rotatable bonds is 3. The van der Waals surface area contributed by atoms with Crippen molar-refractivity contribution in [3.8, 4) is 5.75 Å². The second kappa shape index (κ2) is 5.00. The van der Waals surface area contributed by atoms with Crippen LogP contribution in [0.3, 0.4) is 0 Å². The van der Waals surface area contributed by atoms with Gasteiger partial charge < -0.3 is 14.3 Å². The van der Waals surface area contributed by atoms with E-state index in [1.807, 2.05) is 30.4 Å². The Balaban J connectivity index is 2.05. The van der Waals surface area contributed by atoms with Crippen molar-refractivity contribution < 1.29 is 19.1 Å². The van der Waals surface area contributed by atoms with Gasteiger partial charge in [0.05, 0.1) is 18.9 Å². The van der Waals surface area contributed by atoms with Gasteiger partial charge in [0.25, 0.3) is 0 Å². The largest absolute Gasteiger partial charge is 0.494 e. The fourth-order valence-corrected chi connectivity index (χ4v) is 2.62. The van der Waals surface area contributed by atoms with Crippen LogP contribution in [-0.2, 0) is 4.79 Å². The fourth-order valence-electron chi connectivity index (χ4n) is 2.62. The monoisotopic (exact) mass is 273 g/mol. The summed E-state index contributed by atoms with van der Waals surface area (Å²) < 4.78 is 11.0. The summed E-state index contributed by atoms with van der Waals surface area (Å²) in [6.07, 6.45) is 5.02. The number of nitrogens with zero attached hydrogens (tertiary/aromatic N) is 1. The van der Waals surface area contributed by atoms with Gasteiger partial charge in [-0.1, -0.05) is 18.2 Å². The number of carbonyl (C=O) groups is 1. The summed E-state index contributed by atoms with van der Waals surface area (Å²) >= 11 is 0. The number of para-hydroxylation sites is 1. The molecule has 0 saturated carbocycles. The molecule has 0 radical (unpaired) electrons. The first-order chi connectivity index (χ1) is 9.70. The highest BCUT2D eigenvalue weighted by atomic mass is 16.5. The lowest BCUT2D eigenvalue weighted by Gasteiger charge is -2.21. The summed E-state index contributed by atoms with van der Waals surface area (Å²) in [7, 11) is 1.58. The summed E-state index contributed by atoms with van der Waals surface area (Å²) in [6, 6.07) is 5.44. The maximum atomic E-state index is 11.3. The highest BCUT2D eigenvalue weighted by molar-refractivity contribution is 5.80. The molecular formula is C15H15NO4. The average molecular weight is 273 g/mol. The molecule has 0 saturated heterocycles. The molecule has 0 aliphatic heterocycles. The van der Waals surface area contributed by atoms with Crippen LogP contribution < -0.4 is 4.74 Å². The molecule has 1 aromatic heterocycles. The third-order valence-corrected chi connectivity index (χ3v) is 3.69. The zero-order chi connectivity index (χ0) is 14.1. The van der Waals surface area contributed by atoms with Crippen LogP contribution in [-0.4, -0.2) is 23.2 Å². The predicted molar refractivity (Wildman–Crippen MR) is 72.8 cm³/mol. The van der Waals surface area contributed by atoms with Crippen LogP contribution >= 0.6 is 0 Å². The topological polar surface area (TPSA) is 72.6 Å². The number of ether oxygens (including phenoxy) is 1. The normalized spacial score (nSPS) is 22.1. The number of methoxy groups -OCH3 is 1. The number of hydrogen-bond acceptors (Lipinski definition) is 4. The number of benzene rings is 1. The van der Waals surface area contributed by atoms with Gasteiger partial charge in [0.2, 0.25) is 0 Å². The molecule has 0 amide bonds. The molecule has 2 atom stereocenters. The number of carboxylic acids is 1. The molecule has 2 unspecified atom stereocenters. The second-order valence-corrected chi connectivity index (χ2v) is 4.85. The zero-order valence-corrected chi connectivity index (χ0v) is 11.1. The van der Waals surface area contributed by atoms with Crippen molar-refractivity contribution >= 4 is 17.1 Å². The molecule has 1 aliphatic carbocycles. The highest BCUT2D eigenvalue weighted by Crippen LogP contribution is 2.37. The van der Waals surface area contributed by atoms with Gasteiger partial charge in [-0.25, -0.2) is 4.98 Å². The lowest BCUT2D eigenvalue weighted by Crippen LogP contribution is -2.23. The summed E-state index contributed by atoms with van der Waals surface area (Å²) in [6.45, 7) is 0. The minimum Gasteiger partial charge on any atom is -0.494 e. The fraction of sp³-hybridized carbons (Fsp3) is 0.333. The Morgan fingerprint density at radius 1 is 1.40 bits per heavy atom. The van der Waals surface area contributed by atoms with E-state index < -0.39 is 11.9 Å². The van der Waals surface area contributed by atoms with E-state index >= 15 is 0 Å². The number of aromatic nitrogens is 1. The first kappa shape index (κ1) is 12.7. The van der Waals surface area contributed by atoms with E-state index in [0.29, 0.717) is 35.6 Å². The van der Waals surface area contributed by atoms with Crippen molar-refractivity contribution in [2.24, 2.45) is 5.92 Å². The van der Waals surface area contributed by atoms with E-state index in [-0.39, 0.29) is 5.92 Å². The Hall–Kier alpha value is -2.30. The molecule has 0 bridgehead atoms. The molecule has 0 spiro atoms. The van der Waals surface area contributed by atoms with Gasteiger partial charge in [0.15, 0.2) is 17.0 Å². The average Bonchev–Trinajstić information content (AvgIpc) is 2.90. The molecule has 3 rings (SSSR count). The summed E-state index contributed by atoms with van der Waals surface area (Å²) in [5, 5.41) is 9.32. The Morgan fingerprint density at radius 2 is 2.20 bits per heavy atom. The van der Waals surface area contributed by atoms with Gasteiger partial charge in [0, 0.05) is 0 Å². The summed E-state index contributed by atoms with van der Waals surface area (Å²) in [5.74, 6) is -0.417. The van der Waals surface area contributed by atoms with Gasteiger partial charge in [-0.05, 0) is 25.0 Å². The molecule has 1 aliphatic rings. The predicted octanol–water partition coefficient (Wildman–Crippen LogP) is 2.97. The molecule has 104 valence electrons. The van der Waals surface area contributed by atoms with Gasteiger partial charge >= 0.3 is 5.97 Å². The van der Waals surface area contributed by atoms with Gasteiger partial charge in [-0.2, -0.15) is 0 Å². The molecule has 5 heteroatoms. The van der Waals surface area contributed by atoms with Gasteiger partial charge in [-0.3, -0.25) is 4.79 Å². The van der Waals surface area contributed by atoms with Crippen LogP contribution in [0.25, 0.3) is 11.1 Å². The SMILES string of the molecule is COc1cccc2oc(C3CC=CCC3C(=O)O)nc12. The zero-order valence-electron chi connectivity index (χ0n) is 11.1. The minimum absolute atomic E-state index is 0.227. The van der Waals surface area contributed by atoms with Crippen LogP contribution in [0.4, 0.5) is 0 Å². The van der Waals surface area contributed by atoms with Crippen LogP contribution in [0.15, 0.2) is 34.8 Å². The maximum Gasteiger partial charge on any atom is 0.307 e. The van der Waals surface area contributed by atoms with Crippen LogP contribution in [0.2, 0.25) is 0 Å². The number of aliphatic carboxylic acids is 1. The molecular weight excluding hydrogens is 258 g/mol. The minimum atomic E-state index is -0.812. The third-order valence-electron chi connectivity index (χ3n) is 3.69. The van der Waals surface area contributed by atoms with Crippen LogP contribution in [0.1, 0.15) is 24.7 Å². The molecule has 5 nitrogen and oxygen atoms in total. The Bertz CT molecular complexity index is 674. The van der Waals surface area contributed by atoms with Gasteiger partial charge in [0.1, 0.15) is 5.75 Å². The molecule has 1 aromatic carbocycles. The first-order valence-corrected chi connectivity index (χ1v) is 6.52. The highest BCUT2D eigenvalue weighted by Gasteiger charge is 2.33. The summed E-state index contributed by atoms with van der Waals surface area (Å²) in [5.41, 5.74) is 1.27. The number of carboxylic acid groups (broad SMARTS) is 1. The maximum absolute atomic E-state index is 11.3. The first-order valence-electron chi connectivity index (χ1n) is 6.52. The Morgan fingerprint density at radius 3 is 2.95 bits per heavy atom. The number of fused-ring (bicyclic) bond motifs is 1. The summed E-state index contributed by atoms with van der Waals surface area (Å²) in [4.78, 5) is 15.8. The molecule has 20 heavy (non-hydrogen) atoms. The third kappa shape index (κ3) is 2.05. The van der Waals surface area contributed by atoms with E-state index in [1.165, 1.54) is 0 Å². The van der Waals surface area contributed by atoms with Crippen molar-refractivity contribution in [2.45, 2.75) is 18.8 Å². The van der Waals surface area contributed by atoms with E-state index in [4.69, 9.17) is 9.15 Å². The van der Waals surface area contributed by atoms with Crippen molar-refractivity contribution in [3.63, 3.8) is 0 Å². The van der Waals surface area contributed by atoms with Crippen molar-refractivity contribution in [1.82, 2.24) is 4.98 Å². The number of allylic oxidation sites excluding steroid dienone is 2. The lowest BCUT2D eigenvalue weighted by atomic mass is 9.83. The standard InChI is InChI=1S/C15H15NO4/c1-19-11-7-4-8-12-13(11)16-14(20-12)9-5-2-3-6-10(9)15(17)18/h2-4,7-10H,5-6H2,1H3,(H,17,18).